The zero-order chi connectivity index (χ0) is 22.9. The highest BCUT2D eigenvalue weighted by atomic mass is 32.1. The molecule has 0 unspecified atom stereocenters. The molecule has 0 saturated heterocycles. The highest BCUT2D eigenvalue weighted by molar-refractivity contribution is 7.17. The van der Waals surface area contributed by atoms with Crippen LogP contribution in [-0.4, -0.2) is 29.6 Å². The van der Waals surface area contributed by atoms with Crippen LogP contribution in [0.4, 0.5) is 5.00 Å². The molecule has 2 aliphatic rings. The molecule has 0 aromatic carbocycles. The molecule has 3 rings (SSSR count). The van der Waals surface area contributed by atoms with E-state index < -0.39 is 17.8 Å². The van der Waals surface area contributed by atoms with E-state index in [-0.39, 0.29) is 18.5 Å². The summed E-state index contributed by atoms with van der Waals surface area (Å²) in [6.07, 6.45) is 14.0. The number of thiophene rings is 1. The van der Waals surface area contributed by atoms with E-state index in [1.165, 1.54) is 48.3 Å². The molecule has 1 aromatic heterocycles. The summed E-state index contributed by atoms with van der Waals surface area (Å²) in [4.78, 5) is 38.9. The second-order valence-electron chi connectivity index (χ2n) is 9.08. The van der Waals surface area contributed by atoms with Gasteiger partial charge in [0.25, 0.3) is 0 Å². The fourth-order valence-electron chi connectivity index (χ4n) is 5.08. The van der Waals surface area contributed by atoms with Crippen LogP contribution in [0.15, 0.2) is 0 Å². The number of aliphatic carboxylic acids is 1. The summed E-state index contributed by atoms with van der Waals surface area (Å²) < 4.78 is 5.37. The number of carbonyl (C=O) groups excluding carboxylic acids is 2. The summed E-state index contributed by atoms with van der Waals surface area (Å²) in [5.41, 5.74) is 1.53. The lowest BCUT2D eigenvalue weighted by Gasteiger charge is -2.27. The minimum absolute atomic E-state index is 0.278. The maximum atomic E-state index is 13.1. The van der Waals surface area contributed by atoms with Crippen molar-refractivity contribution < 1.29 is 24.2 Å². The van der Waals surface area contributed by atoms with Crippen LogP contribution < -0.4 is 5.32 Å². The maximum absolute atomic E-state index is 13.1. The highest BCUT2D eigenvalue weighted by Gasteiger charge is 2.37. The Labute approximate surface area is 195 Å². The molecule has 2 atom stereocenters. The van der Waals surface area contributed by atoms with E-state index in [9.17, 15) is 19.5 Å². The van der Waals surface area contributed by atoms with Gasteiger partial charge in [-0.05, 0) is 51.0 Å². The average molecular weight is 464 g/mol. The molecule has 178 valence electrons. The van der Waals surface area contributed by atoms with Gasteiger partial charge in [-0.3, -0.25) is 9.59 Å². The van der Waals surface area contributed by atoms with Crippen molar-refractivity contribution in [1.82, 2.24) is 0 Å². The zero-order valence-corrected chi connectivity index (χ0v) is 20.1. The molecule has 1 aromatic rings. The molecule has 1 heterocycles. The monoisotopic (exact) mass is 463 g/mol. The molecule has 1 fully saturated rings. The fraction of sp³-hybridized carbons (Fsp3) is 0.720. The van der Waals surface area contributed by atoms with E-state index in [0.29, 0.717) is 23.4 Å². The number of anilines is 1. The first-order valence-corrected chi connectivity index (χ1v) is 13.2. The SMILES string of the molecule is CCOC(=O)c1c(NC(=O)[C@H]2CCCC[C@@H]2C(=O)O)sc2c1CCCCCCCCCC2. The molecular weight excluding hydrogens is 426 g/mol. The van der Waals surface area contributed by atoms with Gasteiger partial charge in [0.2, 0.25) is 5.91 Å². The second-order valence-corrected chi connectivity index (χ2v) is 10.2. The first-order valence-electron chi connectivity index (χ1n) is 12.4. The van der Waals surface area contributed by atoms with Gasteiger partial charge in [0.05, 0.1) is 24.0 Å². The van der Waals surface area contributed by atoms with E-state index in [1.807, 2.05) is 0 Å². The van der Waals surface area contributed by atoms with Gasteiger partial charge in [0.15, 0.2) is 0 Å². The lowest BCUT2D eigenvalue weighted by atomic mass is 9.78. The Morgan fingerprint density at radius 2 is 1.50 bits per heavy atom. The topological polar surface area (TPSA) is 92.7 Å². The molecule has 0 radical (unpaired) electrons. The van der Waals surface area contributed by atoms with Crippen LogP contribution in [0.2, 0.25) is 0 Å². The van der Waals surface area contributed by atoms with Gasteiger partial charge in [-0.1, -0.05) is 51.4 Å². The second kappa shape index (κ2) is 12.4. The van der Waals surface area contributed by atoms with Crippen molar-refractivity contribution in [1.29, 1.82) is 0 Å². The molecular formula is C25H37NO5S. The molecule has 2 N–H and O–H groups in total. The van der Waals surface area contributed by atoms with E-state index in [0.717, 1.165) is 50.5 Å². The number of hydrogen-bond acceptors (Lipinski definition) is 5. The minimum atomic E-state index is -0.909. The fourth-order valence-corrected chi connectivity index (χ4v) is 6.36. The third kappa shape index (κ3) is 6.33. The number of hydrogen-bond donors (Lipinski definition) is 2. The zero-order valence-electron chi connectivity index (χ0n) is 19.2. The predicted octanol–water partition coefficient (Wildman–Crippen LogP) is 5.97. The lowest BCUT2D eigenvalue weighted by molar-refractivity contribution is -0.147. The molecule has 1 amide bonds. The quantitative estimate of drug-likeness (QED) is 0.525. The van der Waals surface area contributed by atoms with Crippen LogP contribution in [0.5, 0.6) is 0 Å². The molecule has 2 aliphatic carbocycles. The Bertz CT molecular complexity index is 802. The van der Waals surface area contributed by atoms with Gasteiger partial charge in [-0.2, -0.15) is 0 Å². The Hall–Kier alpha value is -1.89. The number of esters is 1. The number of amides is 1. The van der Waals surface area contributed by atoms with Crippen LogP contribution >= 0.6 is 11.3 Å². The number of nitrogens with one attached hydrogen (secondary N) is 1. The Morgan fingerprint density at radius 3 is 2.12 bits per heavy atom. The summed E-state index contributed by atoms with van der Waals surface area (Å²) >= 11 is 1.49. The van der Waals surface area contributed by atoms with Crippen LogP contribution in [0, 0.1) is 11.8 Å². The number of fused-ring (bicyclic) bond motifs is 1. The minimum Gasteiger partial charge on any atom is -0.481 e. The summed E-state index contributed by atoms with van der Waals surface area (Å²) in [7, 11) is 0. The van der Waals surface area contributed by atoms with Crippen LogP contribution in [0.3, 0.4) is 0 Å². The van der Waals surface area contributed by atoms with E-state index >= 15 is 0 Å². The number of carboxylic acid groups (broad SMARTS) is 1. The van der Waals surface area contributed by atoms with Crippen molar-refractivity contribution in [2.24, 2.45) is 11.8 Å². The smallest absolute Gasteiger partial charge is 0.341 e. The number of carboxylic acids is 1. The van der Waals surface area contributed by atoms with Crippen molar-refractivity contribution in [3.63, 3.8) is 0 Å². The molecule has 7 heteroatoms. The molecule has 32 heavy (non-hydrogen) atoms. The first kappa shape index (κ1) is 24.7. The van der Waals surface area contributed by atoms with Crippen molar-refractivity contribution in [2.75, 3.05) is 11.9 Å². The molecule has 0 bridgehead atoms. The normalized spacial score (nSPS) is 22.7. The number of carbonyl (C=O) groups is 3. The lowest BCUT2D eigenvalue weighted by Crippen LogP contribution is -2.36. The van der Waals surface area contributed by atoms with Crippen LogP contribution in [-0.2, 0) is 27.2 Å². The first-order chi connectivity index (χ1) is 15.5. The Kier molecular flexibility index (Phi) is 9.57. The third-order valence-corrected chi connectivity index (χ3v) is 8.01. The summed E-state index contributed by atoms with van der Waals surface area (Å²) in [6, 6.07) is 0. The molecule has 1 saturated carbocycles. The summed E-state index contributed by atoms with van der Waals surface area (Å²) in [6.45, 7) is 2.06. The standard InChI is InChI=1S/C25H37NO5S/c1-2-31-25(30)21-19-15-9-7-5-3-4-6-8-10-16-20(19)32-23(21)26-22(27)17-13-11-12-14-18(17)24(28)29/h17-18H,2-16H2,1H3,(H,26,27)(H,28,29)/t17-,18-/m0/s1. The summed E-state index contributed by atoms with van der Waals surface area (Å²) in [5, 5.41) is 13.1. The van der Waals surface area contributed by atoms with Crippen LogP contribution in [0.25, 0.3) is 0 Å². The van der Waals surface area contributed by atoms with E-state index in [2.05, 4.69) is 5.32 Å². The van der Waals surface area contributed by atoms with E-state index in [1.54, 1.807) is 6.92 Å². The van der Waals surface area contributed by atoms with Crippen LogP contribution in [0.1, 0.15) is 105 Å². The van der Waals surface area contributed by atoms with Crippen molar-refractivity contribution in [3.8, 4) is 0 Å². The predicted molar refractivity (Wildman–Crippen MR) is 126 cm³/mol. The van der Waals surface area contributed by atoms with Gasteiger partial charge in [-0.25, -0.2) is 4.79 Å². The average Bonchev–Trinajstić information content (AvgIpc) is 3.10. The number of aryl methyl sites for hydroxylation is 1. The van der Waals surface area contributed by atoms with Gasteiger partial charge < -0.3 is 15.2 Å². The molecule has 0 spiro atoms. The maximum Gasteiger partial charge on any atom is 0.341 e. The highest BCUT2D eigenvalue weighted by Crippen LogP contribution is 2.38. The van der Waals surface area contributed by atoms with Gasteiger partial charge in [-0.15, -0.1) is 11.3 Å². The van der Waals surface area contributed by atoms with Gasteiger partial charge in [0, 0.05) is 4.88 Å². The molecule has 6 nitrogen and oxygen atoms in total. The van der Waals surface area contributed by atoms with Crippen molar-refractivity contribution >= 4 is 34.2 Å². The largest absolute Gasteiger partial charge is 0.481 e. The van der Waals surface area contributed by atoms with Gasteiger partial charge >= 0.3 is 11.9 Å². The van der Waals surface area contributed by atoms with Crippen molar-refractivity contribution in [2.45, 2.75) is 96.8 Å². The van der Waals surface area contributed by atoms with Crippen molar-refractivity contribution in [3.05, 3.63) is 16.0 Å². The Morgan fingerprint density at radius 1 is 0.906 bits per heavy atom. The molecule has 0 aliphatic heterocycles. The number of rotatable bonds is 5. The Balaban J connectivity index is 1.89. The third-order valence-electron chi connectivity index (χ3n) is 6.81. The number of ether oxygens (including phenoxy) is 1. The summed E-state index contributed by atoms with van der Waals surface area (Å²) in [5.74, 6) is -2.78. The van der Waals surface area contributed by atoms with E-state index in [4.69, 9.17) is 4.74 Å². The van der Waals surface area contributed by atoms with Gasteiger partial charge in [0.1, 0.15) is 5.00 Å².